The maximum absolute atomic E-state index is 12.5. The van der Waals surface area contributed by atoms with E-state index >= 15 is 0 Å². The molecule has 0 saturated carbocycles. The lowest BCUT2D eigenvalue weighted by atomic mass is 10.1. The smallest absolute Gasteiger partial charge is 0.214 e. The number of nitrogen functional groups attached to an aromatic ring is 1. The predicted octanol–water partition coefficient (Wildman–Crippen LogP) is 2.00. The molecule has 0 amide bonds. The molecule has 0 fully saturated rings. The van der Waals surface area contributed by atoms with Gasteiger partial charge in [-0.15, -0.1) is 0 Å². The standard InChI is InChI=1S/C13H14ClN3O2/c1-19-7-6-17-12(10(14)8-16-17)13(18)9-4-2-3-5-11(9)15/h2-5,8H,6-7,15H2,1H3. The third-order valence-corrected chi connectivity index (χ3v) is 3.00. The first-order valence-electron chi connectivity index (χ1n) is 5.74. The quantitative estimate of drug-likeness (QED) is 0.671. The van der Waals surface area contributed by atoms with Crippen molar-refractivity contribution in [3.05, 3.63) is 46.7 Å². The van der Waals surface area contributed by atoms with Gasteiger partial charge in [-0.05, 0) is 12.1 Å². The van der Waals surface area contributed by atoms with Gasteiger partial charge in [0.15, 0.2) is 0 Å². The van der Waals surface area contributed by atoms with Gasteiger partial charge in [0.1, 0.15) is 5.69 Å². The number of para-hydroxylation sites is 1. The molecule has 0 spiro atoms. The lowest BCUT2D eigenvalue weighted by Gasteiger charge is -2.08. The topological polar surface area (TPSA) is 70.1 Å². The van der Waals surface area contributed by atoms with Gasteiger partial charge in [-0.1, -0.05) is 23.7 Å². The Kier molecular flexibility index (Phi) is 4.19. The molecule has 2 rings (SSSR count). The number of aromatic nitrogens is 2. The molecule has 0 aliphatic heterocycles. The van der Waals surface area contributed by atoms with Gasteiger partial charge >= 0.3 is 0 Å². The Labute approximate surface area is 115 Å². The number of methoxy groups -OCH3 is 1. The number of carbonyl (C=O) groups is 1. The molecule has 0 aliphatic carbocycles. The highest BCUT2D eigenvalue weighted by Crippen LogP contribution is 2.22. The van der Waals surface area contributed by atoms with E-state index in [1.165, 1.54) is 10.9 Å². The minimum absolute atomic E-state index is 0.239. The van der Waals surface area contributed by atoms with Crippen molar-refractivity contribution in [2.24, 2.45) is 0 Å². The molecule has 0 unspecified atom stereocenters. The number of rotatable bonds is 5. The Morgan fingerprint density at radius 2 is 2.21 bits per heavy atom. The van der Waals surface area contributed by atoms with Gasteiger partial charge in [-0.2, -0.15) is 5.10 Å². The van der Waals surface area contributed by atoms with Crippen LogP contribution in [0.1, 0.15) is 16.1 Å². The molecule has 2 N–H and O–H groups in total. The second-order valence-corrected chi connectivity index (χ2v) is 4.38. The maximum atomic E-state index is 12.5. The van der Waals surface area contributed by atoms with Crippen molar-refractivity contribution in [1.29, 1.82) is 0 Å². The van der Waals surface area contributed by atoms with Crippen molar-refractivity contribution in [2.75, 3.05) is 19.5 Å². The molecule has 5 nitrogen and oxygen atoms in total. The van der Waals surface area contributed by atoms with Crippen molar-refractivity contribution in [1.82, 2.24) is 9.78 Å². The third kappa shape index (κ3) is 2.77. The van der Waals surface area contributed by atoms with Crippen LogP contribution >= 0.6 is 11.6 Å². The molecule has 0 radical (unpaired) electrons. The number of ketones is 1. The summed E-state index contributed by atoms with van der Waals surface area (Å²) in [7, 11) is 1.59. The fourth-order valence-electron chi connectivity index (χ4n) is 1.77. The monoisotopic (exact) mass is 279 g/mol. The summed E-state index contributed by atoms with van der Waals surface area (Å²) < 4.78 is 6.51. The van der Waals surface area contributed by atoms with Crippen molar-refractivity contribution in [3.63, 3.8) is 0 Å². The first kappa shape index (κ1) is 13.6. The Hall–Kier alpha value is -1.85. The zero-order valence-corrected chi connectivity index (χ0v) is 11.2. The summed E-state index contributed by atoms with van der Waals surface area (Å²) in [5.74, 6) is -0.239. The summed E-state index contributed by atoms with van der Waals surface area (Å²) in [5, 5.41) is 4.38. The minimum atomic E-state index is -0.239. The van der Waals surface area contributed by atoms with E-state index < -0.39 is 0 Å². The third-order valence-electron chi connectivity index (χ3n) is 2.72. The number of benzene rings is 1. The van der Waals surface area contributed by atoms with Gasteiger partial charge < -0.3 is 10.5 Å². The van der Waals surface area contributed by atoms with Crippen LogP contribution in [0.3, 0.4) is 0 Å². The van der Waals surface area contributed by atoms with Gasteiger partial charge in [0.05, 0.1) is 24.4 Å². The molecule has 6 heteroatoms. The van der Waals surface area contributed by atoms with E-state index in [0.29, 0.717) is 35.1 Å². The van der Waals surface area contributed by atoms with Crippen molar-refractivity contribution >= 4 is 23.1 Å². The van der Waals surface area contributed by atoms with E-state index in [1.54, 1.807) is 31.4 Å². The fourth-order valence-corrected chi connectivity index (χ4v) is 1.99. The van der Waals surface area contributed by atoms with E-state index in [-0.39, 0.29) is 5.78 Å². The van der Waals surface area contributed by atoms with E-state index in [9.17, 15) is 4.79 Å². The highest BCUT2D eigenvalue weighted by Gasteiger charge is 2.20. The fraction of sp³-hybridized carbons (Fsp3) is 0.231. The molecule has 1 aromatic carbocycles. The van der Waals surface area contributed by atoms with Crippen LogP contribution in [0, 0.1) is 0 Å². The van der Waals surface area contributed by atoms with Gasteiger partial charge in [0.2, 0.25) is 5.78 Å². The number of ether oxygens (including phenoxy) is 1. The van der Waals surface area contributed by atoms with E-state index in [0.717, 1.165) is 0 Å². The Balaban J connectivity index is 2.39. The van der Waals surface area contributed by atoms with Crippen molar-refractivity contribution in [3.8, 4) is 0 Å². The van der Waals surface area contributed by atoms with E-state index in [4.69, 9.17) is 22.1 Å². The summed E-state index contributed by atoms with van der Waals surface area (Å²) in [4.78, 5) is 12.5. The van der Waals surface area contributed by atoms with Crippen LogP contribution < -0.4 is 5.73 Å². The second-order valence-electron chi connectivity index (χ2n) is 3.97. The normalized spacial score (nSPS) is 10.6. The van der Waals surface area contributed by atoms with Crippen LogP contribution in [-0.4, -0.2) is 29.3 Å². The molecular formula is C13H14ClN3O2. The Bertz CT molecular complexity index is 595. The summed E-state index contributed by atoms with van der Waals surface area (Å²) in [5.41, 5.74) is 6.98. The van der Waals surface area contributed by atoms with Crippen LogP contribution in [0.25, 0.3) is 0 Å². The molecule has 100 valence electrons. The van der Waals surface area contributed by atoms with Gasteiger partial charge in [-0.3, -0.25) is 9.48 Å². The number of anilines is 1. The molecule has 0 aliphatic rings. The Morgan fingerprint density at radius 3 is 2.89 bits per heavy atom. The van der Waals surface area contributed by atoms with Gasteiger partial charge in [-0.25, -0.2) is 0 Å². The molecular weight excluding hydrogens is 266 g/mol. The molecule has 0 saturated heterocycles. The average molecular weight is 280 g/mol. The van der Waals surface area contributed by atoms with Crippen molar-refractivity contribution in [2.45, 2.75) is 6.54 Å². The summed E-state index contributed by atoms with van der Waals surface area (Å²) >= 11 is 6.04. The highest BCUT2D eigenvalue weighted by atomic mass is 35.5. The number of hydrogen-bond donors (Lipinski definition) is 1. The lowest BCUT2D eigenvalue weighted by molar-refractivity contribution is 0.102. The minimum Gasteiger partial charge on any atom is -0.398 e. The molecule has 19 heavy (non-hydrogen) atoms. The van der Waals surface area contributed by atoms with Crippen LogP contribution in [0.2, 0.25) is 5.02 Å². The largest absolute Gasteiger partial charge is 0.398 e. The van der Waals surface area contributed by atoms with E-state index in [2.05, 4.69) is 5.10 Å². The molecule has 2 aromatic rings. The van der Waals surface area contributed by atoms with Gasteiger partial charge in [0.25, 0.3) is 0 Å². The predicted molar refractivity (Wildman–Crippen MR) is 73.4 cm³/mol. The van der Waals surface area contributed by atoms with E-state index in [1.807, 2.05) is 0 Å². The number of nitrogens with zero attached hydrogens (tertiary/aromatic N) is 2. The molecule has 1 aromatic heterocycles. The molecule has 0 bridgehead atoms. The zero-order valence-electron chi connectivity index (χ0n) is 10.5. The Morgan fingerprint density at radius 1 is 1.47 bits per heavy atom. The maximum Gasteiger partial charge on any atom is 0.214 e. The zero-order chi connectivity index (χ0) is 13.8. The average Bonchev–Trinajstić information content (AvgIpc) is 2.77. The van der Waals surface area contributed by atoms with Gasteiger partial charge in [0, 0.05) is 18.4 Å². The number of carbonyl (C=O) groups excluding carboxylic acids is 1. The molecule has 0 atom stereocenters. The summed E-state index contributed by atoms with van der Waals surface area (Å²) in [6.07, 6.45) is 1.45. The molecule has 1 heterocycles. The first-order valence-corrected chi connectivity index (χ1v) is 6.12. The number of halogens is 1. The van der Waals surface area contributed by atoms with Crippen LogP contribution in [0.15, 0.2) is 30.5 Å². The summed E-state index contributed by atoms with van der Waals surface area (Å²) in [6, 6.07) is 6.88. The van der Waals surface area contributed by atoms with Crippen LogP contribution in [-0.2, 0) is 11.3 Å². The first-order chi connectivity index (χ1) is 9.15. The van der Waals surface area contributed by atoms with Crippen molar-refractivity contribution < 1.29 is 9.53 Å². The second kappa shape index (κ2) is 5.86. The number of nitrogens with two attached hydrogens (primary N) is 1. The lowest BCUT2D eigenvalue weighted by Crippen LogP contribution is -2.15. The van der Waals surface area contributed by atoms with Crippen LogP contribution in [0.5, 0.6) is 0 Å². The van der Waals surface area contributed by atoms with Crippen LogP contribution in [0.4, 0.5) is 5.69 Å². The SMILES string of the molecule is COCCn1ncc(Cl)c1C(=O)c1ccccc1N. The summed E-state index contributed by atoms with van der Waals surface area (Å²) in [6.45, 7) is 0.902. The number of hydrogen-bond acceptors (Lipinski definition) is 4. The highest BCUT2D eigenvalue weighted by molar-refractivity contribution is 6.34.